The molecule has 0 aliphatic carbocycles. The molecule has 14 nitrogen and oxygen atoms in total. The zero-order valence-electron chi connectivity index (χ0n) is 14.4. The third-order valence-corrected chi connectivity index (χ3v) is 8.88. The molecule has 4 unspecified atom stereocenters. The molecular formula is C6H12Ca3Cl2O14P4. The summed E-state index contributed by atoms with van der Waals surface area (Å²) >= 11 is 10.1. The predicted octanol–water partition coefficient (Wildman–Crippen LogP) is -5.17. The van der Waals surface area contributed by atoms with Crippen molar-refractivity contribution in [2.24, 2.45) is 0 Å². The fraction of sp³-hybridized carbons (Fsp3) is 1.00. The molecule has 2 N–H and O–H groups in total. The van der Waals surface area contributed by atoms with Gasteiger partial charge in [0.05, 0.1) is 13.2 Å². The van der Waals surface area contributed by atoms with Crippen LogP contribution >= 0.6 is 53.6 Å². The first-order valence-electron chi connectivity index (χ1n) is 5.85. The molecule has 0 amide bonds. The summed E-state index contributed by atoms with van der Waals surface area (Å²) in [6, 6.07) is 0. The summed E-state index contributed by atoms with van der Waals surface area (Å²) < 4.78 is 49.3. The van der Waals surface area contributed by atoms with E-state index in [0.717, 1.165) is 0 Å². The number of hydrogen-bond acceptors (Lipinski definition) is 14. The Bertz CT molecular complexity index is 562. The van der Waals surface area contributed by atoms with Crippen molar-refractivity contribution in [3.63, 3.8) is 0 Å². The standard InChI is InChI=1S/2C3H9ClO7P2.3Ca/c2*4-1-2-11-13(9,10)3(5)12(6,7)8;;;/h2*3,5H,1-2H2,(H,9,10)(H2,6,7,8);;;/q;;3*+2/p-6. The normalized spacial score (nSPS) is 17.4. The van der Waals surface area contributed by atoms with Crippen LogP contribution in [0.4, 0.5) is 0 Å². The quantitative estimate of drug-likeness (QED) is 0.131. The van der Waals surface area contributed by atoms with Crippen molar-refractivity contribution in [2.75, 3.05) is 25.0 Å². The molecule has 4 atom stereocenters. The molecule has 160 valence electrons. The first-order chi connectivity index (χ1) is 11.4. The maximum atomic E-state index is 10.7. The molecule has 0 aliphatic rings. The molecule has 0 aliphatic heterocycles. The minimum atomic E-state index is -5.61. The van der Waals surface area contributed by atoms with Gasteiger partial charge in [0.15, 0.2) is 15.2 Å². The van der Waals surface area contributed by atoms with Gasteiger partial charge in [0.25, 0.3) is 0 Å². The number of halogens is 2. The monoisotopic (exact) mass is 622 g/mol. The Morgan fingerprint density at radius 2 is 0.862 bits per heavy atom. The number of alkyl halides is 2. The van der Waals surface area contributed by atoms with Gasteiger partial charge in [0, 0.05) is 11.8 Å². The molecule has 23 heteroatoms. The van der Waals surface area contributed by atoms with Crippen LogP contribution in [0.3, 0.4) is 0 Å². The molecule has 0 fully saturated rings. The van der Waals surface area contributed by atoms with Crippen molar-refractivity contribution >= 4 is 167 Å². The minimum Gasteiger partial charge on any atom is -0.809 e. The Labute approximate surface area is 265 Å². The summed E-state index contributed by atoms with van der Waals surface area (Å²) in [5, 5.41) is 17.0. The van der Waals surface area contributed by atoms with Crippen LogP contribution in [-0.4, -0.2) is 160 Å². The molecule has 0 saturated carbocycles. The number of hydrogen-bond donors (Lipinski definition) is 2. The van der Waals surface area contributed by atoms with Gasteiger partial charge >= 0.3 is 113 Å². The first-order valence-corrected chi connectivity index (χ1v) is 13.4. The maximum Gasteiger partial charge on any atom is 2.00 e. The molecular weight excluding hydrogens is 611 g/mol. The third kappa shape index (κ3) is 20.7. The molecule has 0 radical (unpaired) electrons. The van der Waals surface area contributed by atoms with Crippen LogP contribution in [0.25, 0.3) is 0 Å². The van der Waals surface area contributed by atoms with Crippen molar-refractivity contribution in [3.05, 3.63) is 0 Å². The van der Waals surface area contributed by atoms with Crippen LogP contribution in [0.2, 0.25) is 0 Å². The van der Waals surface area contributed by atoms with Gasteiger partial charge in [-0.25, -0.2) is 0 Å². The third-order valence-electron chi connectivity index (χ3n) is 1.83. The van der Waals surface area contributed by atoms with E-state index in [-0.39, 0.29) is 125 Å². The summed E-state index contributed by atoms with van der Waals surface area (Å²) in [4.78, 5) is 61.6. The van der Waals surface area contributed by atoms with Crippen molar-refractivity contribution in [3.8, 4) is 0 Å². The van der Waals surface area contributed by atoms with Crippen LogP contribution in [0, 0.1) is 0 Å². The topological polar surface area (TPSA) is 266 Å². The Morgan fingerprint density at radius 1 is 0.655 bits per heavy atom. The van der Waals surface area contributed by atoms with E-state index in [2.05, 4.69) is 9.05 Å². The van der Waals surface area contributed by atoms with Gasteiger partial charge in [-0.3, -0.25) is 0 Å². The zero-order chi connectivity index (χ0) is 21.4. The second-order valence-corrected chi connectivity index (χ2v) is 12.3. The van der Waals surface area contributed by atoms with Gasteiger partial charge < -0.3 is 66.9 Å². The molecule has 0 heterocycles. The average molecular weight is 623 g/mol. The summed E-state index contributed by atoms with van der Waals surface area (Å²) in [6.07, 6.45) is 0. The van der Waals surface area contributed by atoms with Crippen LogP contribution in [0.1, 0.15) is 0 Å². The molecule has 0 rings (SSSR count). The van der Waals surface area contributed by atoms with Gasteiger partial charge in [-0.2, -0.15) is 0 Å². The van der Waals surface area contributed by atoms with E-state index in [9.17, 15) is 47.6 Å². The molecule has 0 aromatic rings. The van der Waals surface area contributed by atoms with Crippen molar-refractivity contribution in [1.82, 2.24) is 0 Å². The van der Waals surface area contributed by atoms with Gasteiger partial charge in [-0.15, -0.1) is 23.2 Å². The van der Waals surface area contributed by atoms with Crippen LogP contribution in [0.15, 0.2) is 0 Å². The first kappa shape index (κ1) is 43.9. The van der Waals surface area contributed by atoms with E-state index in [0.29, 0.717) is 0 Å². The van der Waals surface area contributed by atoms with E-state index in [1.807, 2.05) is 0 Å². The Morgan fingerprint density at radius 3 is 1.00 bits per heavy atom. The Kier molecular flexibility index (Phi) is 30.3. The van der Waals surface area contributed by atoms with E-state index < -0.39 is 54.8 Å². The van der Waals surface area contributed by atoms with Gasteiger partial charge in [0.2, 0.25) is 0 Å². The molecule has 0 spiro atoms. The second-order valence-electron chi connectivity index (χ2n) is 3.90. The maximum absolute atomic E-state index is 10.7. The van der Waals surface area contributed by atoms with E-state index in [1.54, 1.807) is 0 Å². The van der Waals surface area contributed by atoms with Crippen LogP contribution in [0.5, 0.6) is 0 Å². The van der Waals surface area contributed by atoms with Crippen LogP contribution < -0.4 is 29.4 Å². The summed E-state index contributed by atoms with van der Waals surface area (Å²) in [7, 11) is -21.4. The fourth-order valence-corrected chi connectivity index (χ4v) is 5.30. The van der Waals surface area contributed by atoms with E-state index in [1.165, 1.54) is 0 Å². The van der Waals surface area contributed by atoms with Crippen molar-refractivity contribution in [2.45, 2.75) is 11.2 Å². The number of aliphatic hydroxyl groups excluding tert-OH is 2. The largest absolute Gasteiger partial charge is 2.00 e. The minimum absolute atomic E-state index is 0. The zero-order valence-corrected chi connectivity index (χ0v) is 26.2. The Hall–Kier alpha value is 4.88. The van der Waals surface area contributed by atoms with Gasteiger partial charge in [-0.05, 0) is 15.2 Å². The summed E-state index contributed by atoms with van der Waals surface area (Å²) in [5.74, 6) is -0.415. The van der Waals surface area contributed by atoms with Gasteiger partial charge in [0.1, 0.15) is 11.2 Å². The second kappa shape index (κ2) is 20.0. The molecule has 0 bridgehead atoms. The Balaban J connectivity index is -0.000000120. The molecule has 29 heavy (non-hydrogen) atoms. The predicted molar refractivity (Wildman–Crippen MR) is 93.0 cm³/mol. The van der Waals surface area contributed by atoms with E-state index in [4.69, 9.17) is 33.4 Å². The average Bonchev–Trinajstić information content (AvgIpc) is 2.48. The smallest absolute Gasteiger partial charge is 0.809 e. The van der Waals surface area contributed by atoms with Crippen molar-refractivity contribution in [1.29, 1.82) is 0 Å². The fourth-order valence-electron chi connectivity index (χ4n) is 0.803. The van der Waals surface area contributed by atoms with Crippen LogP contribution in [-0.2, 0) is 27.3 Å². The summed E-state index contributed by atoms with van der Waals surface area (Å²) in [5.41, 5.74) is -6.11. The molecule has 0 aromatic carbocycles. The molecule has 0 aromatic heterocycles. The number of rotatable bonds is 10. The number of aliphatic hydroxyl groups is 2. The van der Waals surface area contributed by atoms with Crippen molar-refractivity contribution < 1.29 is 66.9 Å². The summed E-state index contributed by atoms with van der Waals surface area (Å²) in [6.45, 7) is -1.00. The van der Waals surface area contributed by atoms with Gasteiger partial charge in [-0.1, -0.05) is 0 Å². The molecule has 0 saturated heterocycles. The van der Waals surface area contributed by atoms with E-state index >= 15 is 0 Å². The SMILES string of the molecule is O=P([O-])([O-])C(O)P(=O)([O-])OCCCl.O=P([O-])([O-])C(O)P(=O)([O-])OCCCl.[Ca+2].[Ca+2].[Ca+2].